The van der Waals surface area contributed by atoms with Crippen molar-refractivity contribution in [2.75, 3.05) is 0 Å². The Morgan fingerprint density at radius 1 is 1.30 bits per heavy atom. The maximum atomic E-state index is 12.1. The number of amides is 1. The molecule has 2 aromatic rings. The molecule has 3 rings (SSSR count). The highest BCUT2D eigenvalue weighted by atomic mass is 32.2. The number of carbonyl (C=O) groups is 1. The number of carbonyl (C=O) groups excluding carboxylic acids is 1. The highest BCUT2D eigenvalue weighted by Crippen LogP contribution is 2.21. The van der Waals surface area contributed by atoms with Crippen molar-refractivity contribution >= 4 is 15.9 Å². The Kier molecular flexibility index (Phi) is 4.18. The Balaban J connectivity index is 1.65. The predicted molar refractivity (Wildman–Crippen MR) is 82.6 cm³/mol. The maximum absolute atomic E-state index is 12.1. The fourth-order valence-corrected chi connectivity index (χ4v) is 3.63. The summed E-state index contributed by atoms with van der Waals surface area (Å²) < 4.78 is 33.2. The summed E-state index contributed by atoms with van der Waals surface area (Å²) in [6, 6.07) is 7.10. The third kappa shape index (κ3) is 3.77. The van der Waals surface area contributed by atoms with E-state index < -0.39 is 15.9 Å². The molecule has 1 aromatic heterocycles. The molecule has 8 heteroatoms. The third-order valence-electron chi connectivity index (χ3n) is 3.68. The molecule has 7 nitrogen and oxygen atoms in total. The minimum Gasteiger partial charge on any atom is -0.372 e. The standard InChI is InChI=1S/C15H17N3O4S/c1-18-14(4-5-16-18)7-15(19)17-23(20,21)10-11-2-3-12-8-22-9-13(12)6-11/h2-6H,7-10H2,1H3,(H,17,19). The topological polar surface area (TPSA) is 90.3 Å². The summed E-state index contributed by atoms with van der Waals surface area (Å²) >= 11 is 0. The Hall–Kier alpha value is -2.19. The van der Waals surface area contributed by atoms with E-state index >= 15 is 0 Å². The first-order valence-corrected chi connectivity index (χ1v) is 8.77. The van der Waals surface area contributed by atoms with Crippen molar-refractivity contribution in [1.29, 1.82) is 0 Å². The molecule has 0 saturated heterocycles. The Bertz CT molecular complexity index is 842. The average molecular weight is 335 g/mol. The zero-order valence-corrected chi connectivity index (χ0v) is 13.5. The number of aromatic nitrogens is 2. The smallest absolute Gasteiger partial charge is 0.239 e. The fraction of sp³-hybridized carbons (Fsp3) is 0.333. The molecule has 0 aliphatic carbocycles. The first-order valence-electron chi connectivity index (χ1n) is 7.11. The van der Waals surface area contributed by atoms with Crippen LogP contribution in [-0.2, 0) is 52.0 Å². The van der Waals surface area contributed by atoms with Gasteiger partial charge in [0.2, 0.25) is 15.9 Å². The summed E-state index contributed by atoms with van der Waals surface area (Å²) in [5.74, 6) is -0.810. The van der Waals surface area contributed by atoms with Gasteiger partial charge in [-0.2, -0.15) is 5.10 Å². The van der Waals surface area contributed by atoms with E-state index in [4.69, 9.17) is 4.74 Å². The molecule has 0 spiro atoms. The van der Waals surface area contributed by atoms with Gasteiger partial charge in [0, 0.05) is 18.9 Å². The van der Waals surface area contributed by atoms with Gasteiger partial charge in [0.25, 0.3) is 0 Å². The molecule has 122 valence electrons. The highest BCUT2D eigenvalue weighted by molar-refractivity contribution is 7.89. The molecule has 1 aliphatic heterocycles. The molecule has 0 radical (unpaired) electrons. The molecular weight excluding hydrogens is 318 g/mol. The first kappa shape index (κ1) is 15.7. The van der Waals surface area contributed by atoms with Crippen molar-refractivity contribution in [2.45, 2.75) is 25.4 Å². The Labute approximate surface area is 134 Å². The van der Waals surface area contributed by atoms with Crippen LogP contribution in [0.15, 0.2) is 30.5 Å². The van der Waals surface area contributed by atoms with E-state index in [2.05, 4.69) is 9.82 Å². The average Bonchev–Trinajstić information content (AvgIpc) is 3.06. The molecule has 23 heavy (non-hydrogen) atoms. The zero-order chi connectivity index (χ0) is 16.4. The summed E-state index contributed by atoms with van der Waals surface area (Å²) in [4.78, 5) is 11.9. The monoisotopic (exact) mass is 335 g/mol. The van der Waals surface area contributed by atoms with Gasteiger partial charge in [-0.05, 0) is 22.8 Å². The van der Waals surface area contributed by atoms with Gasteiger partial charge in [-0.15, -0.1) is 0 Å². The van der Waals surface area contributed by atoms with Crippen molar-refractivity contribution in [3.63, 3.8) is 0 Å². The molecule has 1 amide bonds. The second kappa shape index (κ2) is 6.13. The minimum absolute atomic E-state index is 0.0340. The van der Waals surface area contributed by atoms with Crippen molar-refractivity contribution in [3.8, 4) is 0 Å². The second-order valence-electron chi connectivity index (χ2n) is 5.50. The van der Waals surface area contributed by atoms with Gasteiger partial charge in [0.1, 0.15) is 0 Å². The fourth-order valence-electron chi connectivity index (χ4n) is 2.52. The van der Waals surface area contributed by atoms with Crippen LogP contribution < -0.4 is 4.72 Å². The van der Waals surface area contributed by atoms with E-state index in [0.717, 1.165) is 11.1 Å². The third-order valence-corrected chi connectivity index (χ3v) is 4.93. The number of aryl methyl sites for hydroxylation is 1. The summed E-state index contributed by atoms with van der Waals surface area (Å²) in [5.41, 5.74) is 3.35. The number of hydrogen-bond donors (Lipinski definition) is 1. The number of rotatable bonds is 5. The molecular formula is C15H17N3O4S. The number of benzene rings is 1. The maximum Gasteiger partial charge on any atom is 0.239 e. The zero-order valence-electron chi connectivity index (χ0n) is 12.7. The van der Waals surface area contributed by atoms with Crippen LogP contribution in [0, 0.1) is 0 Å². The van der Waals surface area contributed by atoms with Gasteiger partial charge in [-0.25, -0.2) is 8.42 Å². The number of hydrogen-bond acceptors (Lipinski definition) is 5. The van der Waals surface area contributed by atoms with E-state index in [-0.39, 0.29) is 12.2 Å². The molecule has 0 unspecified atom stereocenters. The lowest BCUT2D eigenvalue weighted by atomic mass is 10.1. The number of nitrogens with one attached hydrogen (secondary N) is 1. The van der Waals surface area contributed by atoms with Crippen LogP contribution in [0.3, 0.4) is 0 Å². The van der Waals surface area contributed by atoms with Gasteiger partial charge >= 0.3 is 0 Å². The molecule has 1 N–H and O–H groups in total. The summed E-state index contributed by atoms with van der Waals surface area (Å²) in [6.07, 6.45) is 1.53. The van der Waals surface area contributed by atoms with Crippen LogP contribution in [0.2, 0.25) is 0 Å². The SMILES string of the molecule is Cn1nccc1CC(=O)NS(=O)(=O)Cc1ccc2c(c1)COC2. The highest BCUT2D eigenvalue weighted by Gasteiger charge is 2.18. The molecule has 0 bridgehead atoms. The van der Waals surface area contributed by atoms with Crippen LogP contribution >= 0.6 is 0 Å². The van der Waals surface area contributed by atoms with Gasteiger partial charge in [-0.3, -0.25) is 14.2 Å². The Morgan fingerprint density at radius 3 is 2.83 bits per heavy atom. The van der Waals surface area contributed by atoms with Crippen LogP contribution in [-0.4, -0.2) is 24.1 Å². The predicted octanol–water partition coefficient (Wildman–Crippen LogP) is 0.639. The summed E-state index contributed by atoms with van der Waals surface area (Å²) in [6.45, 7) is 1.06. The van der Waals surface area contributed by atoms with Crippen LogP contribution in [0.1, 0.15) is 22.4 Å². The van der Waals surface area contributed by atoms with Gasteiger partial charge in [-0.1, -0.05) is 18.2 Å². The lowest BCUT2D eigenvalue weighted by Crippen LogP contribution is -2.33. The van der Waals surface area contributed by atoms with Gasteiger partial charge < -0.3 is 4.74 Å². The normalized spacial score (nSPS) is 13.8. The molecule has 1 aliphatic rings. The second-order valence-corrected chi connectivity index (χ2v) is 7.23. The molecule has 0 atom stereocenters. The first-order chi connectivity index (χ1) is 10.9. The summed E-state index contributed by atoms with van der Waals surface area (Å²) in [7, 11) is -2.04. The van der Waals surface area contributed by atoms with E-state index in [0.29, 0.717) is 24.5 Å². The summed E-state index contributed by atoms with van der Waals surface area (Å²) in [5, 5.41) is 3.94. The lowest BCUT2D eigenvalue weighted by Gasteiger charge is -2.08. The number of sulfonamides is 1. The van der Waals surface area contributed by atoms with Crippen molar-refractivity contribution in [1.82, 2.24) is 14.5 Å². The van der Waals surface area contributed by atoms with E-state index in [1.165, 1.54) is 4.68 Å². The van der Waals surface area contributed by atoms with E-state index in [9.17, 15) is 13.2 Å². The van der Waals surface area contributed by atoms with Crippen molar-refractivity contribution in [3.05, 3.63) is 52.8 Å². The van der Waals surface area contributed by atoms with Crippen LogP contribution in [0.25, 0.3) is 0 Å². The number of ether oxygens (including phenoxy) is 1. The van der Waals surface area contributed by atoms with Crippen LogP contribution in [0.4, 0.5) is 0 Å². The van der Waals surface area contributed by atoms with E-state index in [1.807, 2.05) is 12.1 Å². The van der Waals surface area contributed by atoms with Gasteiger partial charge in [0.05, 0.1) is 25.4 Å². The Morgan fingerprint density at radius 2 is 2.09 bits per heavy atom. The van der Waals surface area contributed by atoms with E-state index in [1.54, 1.807) is 25.4 Å². The minimum atomic E-state index is -3.74. The molecule has 2 heterocycles. The largest absolute Gasteiger partial charge is 0.372 e. The number of nitrogens with zero attached hydrogens (tertiary/aromatic N) is 2. The molecule has 0 saturated carbocycles. The lowest BCUT2D eigenvalue weighted by molar-refractivity contribution is -0.118. The quantitative estimate of drug-likeness (QED) is 0.866. The van der Waals surface area contributed by atoms with Crippen LogP contribution in [0.5, 0.6) is 0 Å². The van der Waals surface area contributed by atoms with Gasteiger partial charge in [0.15, 0.2) is 0 Å². The number of fused-ring (bicyclic) bond motifs is 1. The molecule has 1 aromatic carbocycles. The van der Waals surface area contributed by atoms with Crippen molar-refractivity contribution in [2.24, 2.45) is 7.05 Å². The molecule has 0 fully saturated rings. The van der Waals surface area contributed by atoms with Crippen molar-refractivity contribution < 1.29 is 17.9 Å².